The number of para-hydroxylation sites is 3. The van der Waals surface area contributed by atoms with E-state index in [4.69, 9.17) is 11.8 Å². The lowest BCUT2D eigenvalue weighted by molar-refractivity contribution is 0.732. The molecule has 0 aromatic heterocycles. The van der Waals surface area contributed by atoms with Crippen LogP contribution in [-0.2, 0) is 17.2 Å². The second kappa shape index (κ2) is 8.89. The first kappa shape index (κ1) is 23.6. The number of rotatable bonds is 3. The maximum absolute atomic E-state index is 6.91. The maximum Gasteiger partial charge on any atom is 0.0742 e. The highest BCUT2D eigenvalue weighted by Gasteiger charge is 2.50. The molecule has 2 aliphatic heterocycles. The third-order valence-corrected chi connectivity index (χ3v) is 13.5. The van der Waals surface area contributed by atoms with Gasteiger partial charge in [-0.2, -0.15) is 0 Å². The number of hydrogen-bond acceptors (Lipinski definition) is 2. The first-order chi connectivity index (χ1) is 19.8. The lowest BCUT2D eigenvalue weighted by Gasteiger charge is -2.50. The monoisotopic (exact) mass is 547 g/mol. The largest absolute Gasteiger partial charge is 0.308 e. The van der Waals surface area contributed by atoms with E-state index in [9.17, 15) is 0 Å². The predicted molar refractivity (Wildman–Crippen MR) is 173 cm³/mol. The van der Waals surface area contributed by atoms with E-state index in [0.29, 0.717) is 0 Å². The van der Waals surface area contributed by atoms with Crippen LogP contribution in [-0.4, -0.2) is 0 Å². The van der Waals surface area contributed by atoms with Crippen LogP contribution in [0, 0.1) is 0 Å². The molecule has 6 aromatic carbocycles. The van der Waals surface area contributed by atoms with Gasteiger partial charge in [0, 0.05) is 16.6 Å². The molecule has 0 saturated heterocycles. The third-order valence-electron chi connectivity index (χ3n) is 8.53. The van der Waals surface area contributed by atoms with Gasteiger partial charge in [0.05, 0.1) is 22.5 Å². The topological polar surface area (TPSA) is 3.24 Å². The van der Waals surface area contributed by atoms with Crippen LogP contribution in [0.3, 0.4) is 0 Å². The highest BCUT2D eigenvalue weighted by molar-refractivity contribution is 8.25. The van der Waals surface area contributed by atoms with E-state index in [1.54, 1.807) is 0 Å². The van der Waals surface area contributed by atoms with Gasteiger partial charge in [-0.3, -0.25) is 0 Å². The molecular formula is C37H26NPS. The highest BCUT2D eigenvalue weighted by Crippen LogP contribution is 2.62. The molecule has 2 heterocycles. The van der Waals surface area contributed by atoms with E-state index in [2.05, 4.69) is 163 Å². The normalized spacial score (nSPS) is 17.9. The summed E-state index contributed by atoms with van der Waals surface area (Å²) in [6.07, 6.45) is 0. The zero-order valence-corrected chi connectivity index (χ0v) is 23.5. The van der Waals surface area contributed by atoms with Crippen molar-refractivity contribution >= 4 is 50.8 Å². The molecule has 0 fully saturated rings. The van der Waals surface area contributed by atoms with Crippen molar-refractivity contribution in [1.29, 1.82) is 0 Å². The molecule has 0 aliphatic carbocycles. The molecule has 8 rings (SSSR count). The zero-order valence-electron chi connectivity index (χ0n) is 21.8. The minimum absolute atomic E-state index is 0.496. The van der Waals surface area contributed by atoms with E-state index in [0.717, 1.165) is 0 Å². The van der Waals surface area contributed by atoms with Crippen LogP contribution in [0.5, 0.6) is 0 Å². The molecule has 0 radical (unpaired) electrons. The van der Waals surface area contributed by atoms with Gasteiger partial charge >= 0.3 is 0 Å². The quantitative estimate of drug-likeness (QED) is 0.207. The number of nitrogens with zero attached hydrogens (tertiary/aromatic N) is 1. The molecule has 0 amide bonds. The van der Waals surface area contributed by atoms with Gasteiger partial charge in [0.2, 0.25) is 0 Å². The van der Waals surface area contributed by atoms with Crippen molar-refractivity contribution in [3.05, 3.63) is 180 Å². The van der Waals surface area contributed by atoms with Gasteiger partial charge < -0.3 is 4.90 Å². The first-order valence-electron chi connectivity index (χ1n) is 13.7. The van der Waals surface area contributed by atoms with Gasteiger partial charge in [-0.15, -0.1) is 0 Å². The summed E-state index contributed by atoms with van der Waals surface area (Å²) < 4.78 is 0. The average molecular weight is 548 g/mol. The Hall–Kier alpha value is -4.23. The molecule has 0 saturated carbocycles. The van der Waals surface area contributed by atoms with Gasteiger partial charge in [0.1, 0.15) is 0 Å². The van der Waals surface area contributed by atoms with Crippen LogP contribution < -0.4 is 20.8 Å². The second-order valence-electron chi connectivity index (χ2n) is 10.4. The van der Waals surface area contributed by atoms with Gasteiger partial charge in [0.15, 0.2) is 0 Å². The smallest absolute Gasteiger partial charge is 0.0742 e. The van der Waals surface area contributed by atoms with E-state index in [-0.39, 0.29) is 0 Å². The second-order valence-corrected chi connectivity index (χ2v) is 14.8. The molecule has 1 nitrogen and oxygen atoms in total. The molecule has 1 atom stereocenters. The van der Waals surface area contributed by atoms with Crippen molar-refractivity contribution in [2.45, 2.75) is 5.41 Å². The number of hydrogen-bond donors (Lipinski definition) is 0. The van der Waals surface area contributed by atoms with Gasteiger partial charge in [-0.05, 0) is 39.7 Å². The molecule has 3 heteroatoms. The zero-order chi connectivity index (χ0) is 26.7. The third kappa shape index (κ3) is 3.01. The van der Waals surface area contributed by atoms with E-state index in [1.165, 1.54) is 55.2 Å². The van der Waals surface area contributed by atoms with Gasteiger partial charge in [-0.25, -0.2) is 0 Å². The fraction of sp³-hybridized carbons (Fsp3) is 0.0270. The number of anilines is 3. The van der Waals surface area contributed by atoms with Crippen molar-refractivity contribution in [3.8, 4) is 0 Å². The summed E-state index contributed by atoms with van der Waals surface area (Å²) in [5, 5.41) is 3.74. The molecule has 190 valence electrons. The van der Waals surface area contributed by atoms with Crippen molar-refractivity contribution in [2.75, 3.05) is 4.90 Å². The van der Waals surface area contributed by atoms with Crippen LogP contribution >= 0.6 is 6.04 Å². The lowest BCUT2D eigenvalue weighted by atomic mass is 9.62. The van der Waals surface area contributed by atoms with Crippen LogP contribution in [0.4, 0.5) is 17.1 Å². The maximum atomic E-state index is 6.91. The Bertz CT molecular complexity index is 1890. The lowest BCUT2D eigenvalue weighted by Crippen LogP contribution is -2.44. The number of fused-ring (bicyclic) bond motifs is 4. The minimum Gasteiger partial charge on any atom is -0.308 e. The standard InChI is InChI=1S/C37H26NPS/c40-39(29-19-8-3-9-20-29)34-25-13-12-24-33(34)38-32-23-11-10-21-30(32)37(27-15-4-1-5-16-27,28-17-6-2-7-18-28)31-22-14-26-35(39)36(31)38/h1-26H. The molecule has 6 aromatic rings. The Morgan fingerprint density at radius 1 is 0.450 bits per heavy atom. The summed E-state index contributed by atoms with van der Waals surface area (Å²) in [4.78, 5) is 2.49. The highest BCUT2D eigenvalue weighted by atomic mass is 32.4. The fourth-order valence-electron chi connectivity index (χ4n) is 6.95. The van der Waals surface area contributed by atoms with E-state index >= 15 is 0 Å². The minimum atomic E-state index is -2.35. The Morgan fingerprint density at radius 3 is 1.62 bits per heavy atom. The summed E-state index contributed by atoms with van der Waals surface area (Å²) in [5.41, 5.74) is 8.21. The summed E-state index contributed by atoms with van der Waals surface area (Å²) >= 11 is 6.91. The van der Waals surface area contributed by atoms with Crippen molar-refractivity contribution in [3.63, 3.8) is 0 Å². The molecular weight excluding hydrogens is 521 g/mol. The van der Waals surface area contributed by atoms with Gasteiger partial charge in [0.25, 0.3) is 0 Å². The number of benzene rings is 6. The fourth-order valence-corrected chi connectivity index (χ4v) is 11.2. The Kier molecular flexibility index (Phi) is 5.26. The SMILES string of the molecule is S=P1(c2ccccc2)c2ccccc2N2c3ccccc3C(c3ccccc3)(c3ccccc3)c3cccc1c32. The van der Waals surface area contributed by atoms with Gasteiger partial charge in [-0.1, -0.05) is 157 Å². The summed E-state index contributed by atoms with van der Waals surface area (Å²) in [6.45, 7) is 0. The Balaban J connectivity index is 1.59. The van der Waals surface area contributed by atoms with Crippen molar-refractivity contribution < 1.29 is 0 Å². The summed E-state index contributed by atoms with van der Waals surface area (Å²) in [7, 11) is 0. The molecule has 2 aliphatic rings. The summed E-state index contributed by atoms with van der Waals surface area (Å²) in [6, 6.07) is 55.0. The Labute approximate surface area is 240 Å². The van der Waals surface area contributed by atoms with Crippen molar-refractivity contribution in [2.24, 2.45) is 0 Å². The predicted octanol–water partition coefficient (Wildman–Crippen LogP) is 7.92. The van der Waals surface area contributed by atoms with E-state index < -0.39 is 11.5 Å². The molecule has 1 unspecified atom stereocenters. The molecule has 0 bridgehead atoms. The molecule has 0 N–H and O–H groups in total. The Morgan fingerprint density at radius 2 is 0.950 bits per heavy atom. The first-order valence-corrected chi connectivity index (χ1v) is 16.5. The van der Waals surface area contributed by atoms with Crippen LogP contribution in [0.1, 0.15) is 22.3 Å². The van der Waals surface area contributed by atoms with Crippen LogP contribution in [0.15, 0.2) is 158 Å². The average Bonchev–Trinajstić information content (AvgIpc) is 3.04. The van der Waals surface area contributed by atoms with Crippen LogP contribution in [0.25, 0.3) is 0 Å². The van der Waals surface area contributed by atoms with E-state index in [1.807, 2.05) is 0 Å². The molecule has 40 heavy (non-hydrogen) atoms. The van der Waals surface area contributed by atoms with Crippen molar-refractivity contribution in [1.82, 2.24) is 0 Å². The summed E-state index contributed by atoms with van der Waals surface area (Å²) in [5.74, 6) is 0. The van der Waals surface area contributed by atoms with Crippen LogP contribution in [0.2, 0.25) is 0 Å². The molecule has 0 spiro atoms.